The fraction of sp³-hybridized carbons (Fsp3) is 1.00. The van der Waals surface area contributed by atoms with Gasteiger partial charge in [0.05, 0.1) is 20.8 Å². The second kappa shape index (κ2) is 4.39. The molecule has 0 unspecified atom stereocenters. The highest BCUT2D eigenvalue weighted by molar-refractivity contribution is 6.45. The summed E-state index contributed by atoms with van der Waals surface area (Å²) in [6.45, 7) is 2.92. The quantitative estimate of drug-likeness (QED) is 0.486. The van der Waals surface area contributed by atoms with Gasteiger partial charge in [-0.05, 0) is 50.6 Å². The van der Waals surface area contributed by atoms with Gasteiger partial charge in [0.1, 0.15) is 0 Å². The van der Waals surface area contributed by atoms with E-state index in [9.17, 15) is 0 Å². The summed E-state index contributed by atoms with van der Waals surface area (Å²) < 4.78 is 5.57. The molecule has 0 aliphatic heterocycles. The lowest BCUT2D eigenvalue weighted by Crippen LogP contribution is -2.40. The molecule has 0 atom stereocenters. The van der Waals surface area contributed by atoms with Crippen molar-refractivity contribution in [3.63, 3.8) is 0 Å². The molecule has 2 fully saturated rings. The van der Waals surface area contributed by atoms with E-state index in [0.717, 1.165) is 11.8 Å². The van der Waals surface area contributed by atoms with E-state index in [-0.39, 0.29) is 9.84 Å². The third-order valence-corrected chi connectivity index (χ3v) is 6.93. The monoisotopic (exact) mass is 230 g/mol. The van der Waals surface area contributed by atoms with Crippen molar-refractivity contribution in [1.82, 2.24) is 8.46 Å². The molecule has 0 saturated heterocycles. The van der Waals surface area contributed by atoms with Gasteiger partial charge in [0.15, 0.2) is 9.84 Å². The lowest BCUT2D eigenvalue weighted by molar-refractivity contribution is 0.543. The molecule has 5 heteroatoms. The lowest BCUT2D eigenvalue weighted by Gasteiger charge is -2.24. The van der Waals surface area contributed by atoms with Crippen LogP contribution < -0.4 is 0 Å². The highest BCUT2D eigenvalue weighted by Gasteiger charge is 2.25. The molecule has 0 bridgehead atoms. The fourth-order valence-electron chi connectivity index (χ4n) is 2.01. The lowest BCUT2D eigenvalue weighted by atomic mass is 10.4. The van der Waals surface area contributed by atoms with E-state index in [1.54, 1.807) is 0 Å². The normalized spacial score (nSPS) is 24.5. The molecule has 76 valence electrons. The molecule has 2 rings (SSSR count). The van der Waals surface area contributed by atoms with Gasteiger partial charge in [0.2, 0.25) is 0 Å². The largest absolute Gasteiger partial charge is 0.346 e. The first-order valence-electron chi connectivity index (χ1n) is 5.61. The first-order valence-corrected chi connectivity index (χ1v) is 8.66. The molecule has 2 aliphatic rings. The second-order valence-corrected chi connectivity index (χ2v) is 12.6. The minimum Gasteiger partial charge on any atom is -0.346 e. The zero-order valence-corrected chi connectivity index (χ0v) is 14.4. The molecule has 0 aromatic rings. The summed E-state index contributed by atoms with van der Waals surface area (Å²) >= 11 is 0. The van der Waals surface area contributed by atoms with E-state index >= 15 is 0 Å². The first kappa shape index (κ1) is 10.1. The number of hydrogen-bond donors (Lipinski definition) is 0. The maximum atomic E-state index is 2.78. The zero-order valence-electron chi connectivity index (χ0n) is 9.00. The molecule has 2 saturated carbocycles. The maximum absolute atomic E-state index is 2.78. The minimum atomic E-state index is 0.0446. The van der Waals surface area contributed by atoms with Crippen molar-refractivity contribution in [2.24, 2.45) is 11.8 Å². The van der Waals surface area contributed by atoms with Crippen molar-refractivity contribution in [2.75, 3.05) is 13.1 Å². The molecule has 13 heavy (non-hydrogen) atoms. The molecular formula is C8H22N2Si3. The van der Waals surface area contributed by atoms with E-state index < -0.39 is 0 Å². The molecule has 0 aromatic heterocycles. The van der Waals surface area contributed by atoms with Crippen LogP contribution in [-0.2, 0) is 0 Å². The summed E-state index contributed by atoms with van der Waals surface area (Å²) in [5.41, 5.74) is 0. The first-order chi connectivity index (χ1) is 6.24. The SMILES string of the molecule is [SiH3]N(CC1CC1)[SiH2]N([SiH3])CC1CC1. The average molecular weight is 231 g/mol. The highest BCUT2D eigenvalue weighted by Crippen LogP contribution is 2.30. The molecule has 2 aliphatic carbocycles. The predicted octanol–water partition coefficient (Wildman–Crippen LogP) is -2.03. The Bertz CT molecular complexity index is 153. The van der Waals surface area contributed by atoms with E-state index in [1.807, 2.05) is 0 Å². The van der Waals surface area contributed by atoms with Crippen molar-refractivity contribution >= 4 is 30.7 Å². The smallest absolute Gasteiger partial charge is 0.158 e. The van der Waals surface area contributed by atoms with Gasteiger partial charge in [-0.15, -0.1) is 0 Å². The average Bonchev–Trinajstić information content (AvgIpc) is 2.81. The van der Waals surface area contributed by atoms with Crippen LogP contribution in [-0.4, -0.2) is 52.2 Å². The third kappa shape index (κ3) is 4.07. The van der Waals surface area contributed by atoms with Gasteiger partial charge < -0.3 is 8.46 Å². The van der Waals surface area contributed by atoms with Crippen LogP contribution in [0.1, 0.15) is 25.7 Å². The maximum Gasteiger partial charge on any atom is 0.158 e. The highest BCUT2D eigenvalue weighted by atomic mass is 28.3. The standard InChI is InChI=1S/C8H22N2Si3/c11-9(5-7-1-2-7)13-10(12)6-8-3-4-8/h7-8H,1-6,13H2,11-12H3. The second-order valence-electron chi connectivity index (χ2n) is 5.11. The molecule has 0 radical (unpaired) electrons. The molecule has 0 amide bonds. The summed E-state index contributed by atoms with van der Waals surface area (Å²) in [4.78, 5) is 0. The summed E-state index contributed by atoms with van der Waals surface area (Å²) in [5, 5.41) is 0. The van der Waals surface area contributed by atoms with Crippen LogP contribution in [0, 0.1) is 11.8 Å². The van der Waals surface area contributed by atoms with Crippen LogP contribution in [0.15, 0.2) is 0 Å². The van der Waals surface area contributed by atoms with Gasteiger partial charge in [-0.3, -0.25) is 0 Å². The summed E-state index contributed by atoms with van der Waals surface area (Å²) in [6.07, 6.45) is 6.10. The van der Waals surface area contributed by atoms with Gasteiger partial charge >= 0.3 is 0 Å². The Morgan fingerprint density at radius 3 is 1.62 bits per heavy atom. The molecule has 2 nitrogen and oxygen atoms in total. The molecule has 0 spiro atoms. The van der Waals surface area contributed by atoms with Gasteiger partial charge in [-0.2, -0.15) is 0 Å². The molecular weight excluding hydrogens is 208 g/mol. The van der Waals surface area contributed by atoms with E-state index in [0.29, 0.717) is 0 Å². The topological polar surface area (TPSA) is 6.48 Å². The van der Waals surface area contributed by atoms with Crippen molar-refractivity contribution in [2.45, 2.75) is 25.7 Å². The number of rotatable bonds is 6. The Kier molecular flexibility index (Phi) is 3.41. The fourth-order valence-corrected chi connectivity index (χ4v) is 9.42. The summed E-state index contributed by atoms with van der Waals surface area (Å²) in [7, 11) is 2.69. The van der Waals surface area contributed by atoms with Crippen LogP contribution in [0.4, 0.5) is 0 Å². The van der Waals surface area contributed by atoms with E-state index in [4.69, 9.17) is 0 Å². The molecule has 0 heterocycles. The zero-order chi connectivity index (χ0) is 9.26. The molecule has 0 N–H and O–H groups in total. The van der Waals surface area contributed by atoms with Gasteiger partial charge in [0.25, 0.3) is 0 Å². The van der Waals surface area contributed by atoms with Crippen molar-refractivity contribution < 1.29 is 0 Å². The third-order valence-electron chi connectivity index (χ3n) is 3.02. The Morgan fingerprint density at radius 1 is 0.923 bits per heavy atom. The Hall–Kier alpha value is 0.571. The van der Waals surface area contributed by atoms with Crippen molar-refractivity contribution in [3.8, 4) is 0 Å². The Balaban J connectivity index is 1.57. The predicted molar refractivity (Wildman–Crippen MR) is 67.3 cm³/mol. The van der Waals surface area contributed by atoms with Crippen LogP contribution in [0.3, 0.4) is 0 Å². The van der Waals surface area contributed by atoms with Crippen LogP contribution in [0.5, 0.6) is 0 Å². The van der Waals surface area contributed by atoms with Gasteiger partial charge in [-0.1, -0.05) is 0 Å². The van der Waals surface area contributed by atoms with Gasteiger partial charge in [0, 0.05) is 0 Å². The van der Waals surface area contributed by atoms with Crippen molar-refractivity contribution in [3.05, 3.63) is 0 Å². The summed E-state index contributed by atoms with van der Waals surface area (Å²) in [5.74, 6) is 2.22. The van der Waals surface area contributed by atoms with Crippen LogP contribution >= 0.6 is 0 Å². The number of hydrogen-bond acceptors (Lipinski definition) is 2. The van der Waals surface area contributed by atoms with Gasteiger partial charge in [-0.25, -0.2) is 0 Å². The number of nitrogens with zero attached hydrogens (tertiary/aromatic N) is 2. The minimum absolute atomic E-state index is 0.0446. The Labute approximate surface area is 90.0 Å². The van der Waals surface area contributed by atoms with Crippen LogP contribution in [0.25, 0.3) is 0 Å². The van der Waals surface area contributed by atoms with E-state index in [1.165, 1.54) is 59.6 Å². The van der Waals surface area contributed by atoms with Crippen LogP contribution in [0.2, 0.25) is 0 Å². The molecule has 0 aromatic carbocycles. The van der Waals surface area contributed by atoms with E-state index in [2.05, 4.69) is 8.46 Å². The Morgan fingerprint density at radius 2 is 1.31 bits per heavy atom. The summed E-state index contributed by atoms with van der Waals surface area (Å²) in [6, 6.07) is 0. The van der Waals surface area contributed by atoms with Crippen molar-refractivity contribution in [1.29, 1.82) is 0 Å².